The lowest BCUT2D eigenvalue weighted by Gasteiger charge is -2.21. The van der Waals surface area contributed by atoms with Crippen LogP contribution >= 0.6 is 0 Å². The predicted octanol–water partition coefficient (Wildman–Crippen LogP) is 2.45. The highest BCUT2D eigenvalue weighted by molar-refractivity contribution is 6.01. The first kappa shape index (κ1) is 18.6. The van der Waals surface area contributed by atoms with Crippen LogP contribution in [0.25, 0.3) is 0 Å². The van der Waals surface area contributed by atoms with Crippen LogP contribution in [0.4, 0.5) is 11.4 Å². The second-order valence-corrected chi connectivity index (χ2v) is 6.85. The summed E-state index contributed by atoms with van der Waals surface area (Å²) in [6, 6.07) is 16.8. The number of nitrogens with zero attached hydrogens (tertiary/aromatic N) is 2. The van der Waals surface area contributed by atoms with Crippen molar-refractivity contribution in [2.75, 3.05) is 30.4 Å². The monoisotopic (exact) mass is 365 g/mol. The van der Waals surface area contributed by atoms with Gasteiger partial charge in [0.15, 0.2) is 0 Å². The van der Waals surface area contributed by atoms with E-state index >= 15 is 0 Å². The number of carbonyl (C=O) groups excluding carboxylic acids is 3. The summed E-state index contributed by atoms with van der Waals surface area (Å²) in [4.78, 5) is 40.2. The summed E-state index contributed by atoms with van der Waals surface area (Å²) in [5.41, 5.74) is 2.59. The topological polar surface area (TPSA) is 69.7 Å². The molecule has 1 N–H and O–H groups in total. The summed E-state index contributed by atoms with van der Waals surface area (Å²) < 4.78 is 0. The minimum Gasteiger partial charge on any atom is -0.336 e. The maximum absolute atomic E-state index is 12.7. The molecule has 1 atom stereocenters. The van der Waals surface area contributed by atoms with Crippen LogP contribution in [0.1, 0.15) is 12.0 Å². The van der Waals surface area contributed by atoms with Gasteiger partial charge in [-0.15, -0.1) is 0 Å². The van der Waals surface area contributed by atoms with Gasteiger partial charge in [-0.25, -0.2) is 0 Å². The normalized spacial score (nSPS) is 16.3. The fraction of sp³-hybridized carbons (Fsp3) is 0.286. The standard InChI is InChI=1S/C21H23N3O3/c1-15-8-10-17(11-9-15)22-19(25)14-23(2)21(27)16-12-20(26)24(13-16)18-6-4-3-5-7-18/h3-11,16H,12-14H2,1-2H3,(H,22,25). The number of benzene rings is 2. The largest absolute Gasteiger partial charge is 0.336 e. The molecule has 140 valence electrons. The zero-order valence-electron chi connectivity index (χ0n) is 15.5. The minimum atomic E-state index is -0.435. The molecule has 3 amide bonds. The Morgan fingerprint density at radius 2 is 1.78 bits per heavy atom. The van der Waals surface area contributed by atoms with Gasteiger partial charge in [0.05, 0.1) is 12.5 Å². The third kappa shape index (κ3) is 4.53. The highest BCUT2D eigenvalue weighted by Crippen LogP contribution is 2.25. The highest BCUT2D eigenvalue weighted by Gasteiger charge is 2.36. The number of nitrogens with one attached hydrogen (secondary N) is 1. The molecule has 6 heteroatoms. The SMILES string of the molecule is Cc1ccc(NC(=O)CN(C)C(=O)C2CC(=O)N(c3ccccc3)C2)cc1. The van der Waals surface area contributed by atoms with E-state index in [-0.39, 0.29) is 30.7 Å². The van der Waals surface area contributed by atoms with E-state index in [1.165, 1.54) is 4.90 Å². The summed E-state index contributed by atoms with van der Waals surface area (Å²) in [5.74, 6) is -0.966. The fourth-order valence-electron chi connectivity index (χ4n) is 3.17. The Morgan fingerprint density at radius 3 is 2.44 bits per heavy atom. The van der Waals surface area contributed by atoms with E-state index in [9.17, 15) is 14.4 Å². The highest BCUT2D eigenvalue weighted by atomic mass is 16.2. The van der Waals surface area contributed by atoms with Crippen molar-refractivity contribution in [2.45, 2.75) is 13.3 Å². The van der Waals surface area contributed by atoms with E-state index < -0.39 is 5.92 Å². The van der Waals surface area contributed by atoms with Crippen LogP contribution in [0.15, 0.2) is 54.6 Å². The van der Waals surface area contributed by atoms with Crippen LogP contribution in [-0.4, -0.2) is 42.8 Å². The minimum absolute atomic E-state index is 0.0528. The lowest BCUT2D eigenvalue weighted by atomic mass is 10.1. The van der Waals surface area contributed by atoms with Crippen LogP contribution in [0, 0.1) is 12.8 Å². The first-order valence-corrected chi connectivity index (χ1v) is 8.91. The zero-order chi connectivity index (χ0) is 19.4. The molecular formula is C21H23N3O3. The molecule has 1 saturated heterocycles. The van der Waals surface area contributed by atoms with Gasteiger partial charge >= 0.3 is 0 Å². The van der Waals surface area contributed by atoms with E-state index in [0.717, 1.165) is 11.3 Å². The van der Waals surface area contributed by atoms with E-state index in [1.807, 2.05) is 61.5 Å². The maximum atomic E-state index is 12.7. The molecule has 1 fully saturated rings. The van der Waals surface area contributed by atoms with Gasteiger partial charge in [-0.2, -0.15) is 0 Å². The van der Waals surface area contributed by atoms with Crippen molar-refractivity contribution in [3.8, 4) is 0 Å². The smallest absolute Gasteiger partial charge is 0.243 e. The molecule has 27 heavy (non-hydrogen) atoms. The van der Waals surface area contributed by atoms with Gasteiger partial charge in [0.25, 0.3) is 0 Å². The molecule has 2 aromatic rings. The van der Waals surface area contributed by atoms with Gasteiger partial charge in [0.1, 0.15) is 0 Å². The third-order valence-electron chi connectivity index (χ3n) is 4.63. The Kier molecular flexibility index (Phi) is 5.54. The molecular weight excluding hydrogens is 342 g/mol. The molecule has 0 aromatic heterocycles. The molecule has 1 aliphatic heterocycles. The zero-order valence-corrected chi connectivity index (χ0v) is 15.5. The van der Waals surface area contributed by atoms with Crippen LogP contribution in [-0.2, 0) is 14.4 Å². The Bertz CT molecular complexity index is 834. The van der Waals surface area contributed by atoms with Crippen LogP contribution in [0.2, 0.25) is 0 Å². The molecule has 3 rings (SSSR count). The number of amides is 3. The van der Waals surface area contributed by atoms with E-state index in [0.29, 0.717) is 12.2 Å². The summed E-state index contributed by atoms with van der Waals surface area (Å²) in [6.07, 6.45) is 0.164. The van der Waals surface area contributed by atoms with E-state index in [2.05, 4.69) is 5.32 Å². The third-order valence-corrected chi connectivity index (χ3v) is 4.63. The van der Waals surface area contributed by atoms with Crippen LogP contribution in [0.3, 0.4) is 0 Å². The fourth-order valence-corrected chi connectivity index (χ4v) is 3.17. The average Bonchev–Trinajstić information content (AvgIpc) is 3.05. The Morgan fingerprint density at radius 1 is 1.11 bits per heavy atom. The molecule has 1 aliphatic rings. The Hall–Kier alpha value is -3.15. The molecule has 1 heterocycles. The quantitative estimate of drug-likeness (QED) is 0.885. The number of aryl methyl sites for hydroxylation is 1. The average molecular weight is 365 g/mol. The first-order chi connectivity index (χ1) is 12.9. The van der Waals surface area contributed by atoms with Gasteiger partial charge in [-0.1, -0.05) is 35.9 Å². The maximum Gasteiger partial charge on any atom is 0.243 e. The number of hydrogen-bond donors (Lipinski definition) is 1. The number of hydrogen-bond acceptors (Lipinski definition) is 3. The van der Waals surface area contributed by atoms with Gasteiger partial charge < -0.3 is 15.1 Å². The van der Waals surface area contributed by atoms with Crippen molar-refractivity contribution in [2.24, 2.45) is 5.92 Å². The van der Waals surface area contributed by atoms with E-state index in [4.69, 9.17) is 0 Å². The lowest BCUT2D eigenvalue weighted by Crippen LogP contribution is -2.39. The molecule has 2 aromatic carbocycles. The van der Waals surface area contributed by atoms with Crippen molar-refractivity contribution in [1.29, 1.82) is 0 Å². The number of anilines is 2. The second-order valence-electron chi connectivity index (χ2n) is 6.85. The second kappa shape index (κ2) is 8.03. The Labute approximate surface area is 158 Å². The molecule has 0 spiro atoms. The van der Waals surface area contributed by atoms with E-state index in [1.54, 1.807) is 11.9 Å². The number of likely N-dealkylation sites (N-methyl/N-ethyl adjacent to an activating group) is 1. The first-order valence-electron chi connectivity index (χ1n) is 8.91. The van der Waals surface area contributed by atoms with Gasteiger partial charge in [-0.3, -0.25) is 14.4 Å². The summed E-state index contributed by atoms with van der Waals surface area (Å²) in [7, 11) is 1.59. The number of carbonyl (C=O) groups is 3. The van der Waals surface area contributed by atoms with Crippen LogP contribution in [0.5, 0.6) is 0 Å². The predicted molar refractivity (Wildman–Crippen MR) is 104 cm³/mol. The summed E-state index contributed by atoms with van der Waals surface area (Å²) in [5, 5.41) is 2.78. The molecule has 1 unspecified atom stereocenters. The summed E-state index contributed by atoms with van der Waals surface area (Å²) >= 11 is 0. The molecule has 0 bridgehead atoms. The van der Waals surface area contributed by atoms with Crippen molar-refractivity contribution >= 4 is 29.1 Å². The lowest BCUT2D eigenvalue weighted by molar-refractivity contribution is -0.137. The molecule has 0 radical (unpaired) electrons. The van der Waals surface area contributed by atoms with Crippen molar-refractivity contribution in [1.82, 2.24) is 4.90 Å². The molecule has 6 nitrogen and oxygen atoms in total. The van der Waals surface area contributed by atoms with Crippen molar-refractivity contribution in [3.05, 3.63) is 60.2 Å². The van der Waals surface area contributed by atoms with Crippen LogP contribution < -0.4 is 10.2 Å². The molecule has 0 saturated carbocycles. The molecule has 0 aliphatic carbocycles. The van der Waals surface area contributed by atoms with Gasteiger partial charge in [0.2, 0.25) is 17.7 Å². The summed E-state index contributed by atoms with van der Waals surface area (Å²) in [6.45, 7) is 2.26. The van der Waals surface area contributed by atoms with Gasteiger partial charge in [-0.05, 0) is 31.2 Å². The number of para-hydroxylation sites is 1. The van der Waals surface area contributed by atoms with Crippen molar-refractivity contribution in [3.63, 3.8) is 0 Å². The Balaban J connectivity index is 1.56. The van der Waals surface area contributed by atoms with Crippen molar-refractivity contribution < 1.29 is 14.4 Å². The number of rotatable bonds is 5. The van der Waals surface area contributed by atoms with Gasteiger partial charge in [0, 0.05) is 31.4 Å².